The Bertz CT molecular complexity index is 374. The molecule has 1 N–H and O–H groups in total. The first-order valence-corrected chi connectivity index (χ1v) is 5.22. The first-order valence-electron chi connectivity index (χ1n) is 5.22. The van der Waals surface area contributed by atoms with Crippen LogP contribution in [0.3, 0.4) is 0 Å². The summed E-state index contributed by atoms with van der Waals surface area (Å²) in [4.78, 5) is 10.1. The van der Waals surface area contributed by atoms with Crippen molar-refractivity contribution < 1.29 is 23.4 Å². The van der Waals surface area contributed by atoms with E-state index in [9.17, 15) is 13.6 Å². The fourth-order valence-corrected chi connectivity index (χ4v) is 1.33. The lowest BCUT2D eigenvalue weighted by Gasteiger charge is -2.16. The van der Waals surface area contributed by atoms with Gasteiger partial charge in [0.15, 0.2) is 0 Å². The van der Waals surface area contributed by atoms with Crippen LogP contribution in [0.4, 0.5) is 8.78 Å². The number of benzene rings is 1. The second kappa shape index (κ2) is 5.72. The number of hydrogen-bond acceptors (Lipinski definition) is 2. The summed E-state index contributed by atoms with van der Waals surface area (Å²) in [5.41, 5.74) is 0.802. The van der Waals surface area contributed by atoms with Crippen molar-refractivity contribution in [3.8, 4) is 0 Å². The van der Waals surface area contributed by atoms with Crippen molar-refractivity contribution in [2.24, 2.45) is 0 Å². The van der Waals surface area contributed by atoms with Crippen LogP contribution in [0.1, 0.15) is 18.1 Å². The molecule has 0 bridgehead atoms. The van der Waals surface area contributed by atoms with Gasteiger partial charge in [-0.1, -0.05) is 31.2 Å². The number of aliphatic carboxylic acids is 1. The van der Waals surface area contributed by atoms with Gasteiger partial charge in [0.05, 0.1) is 0 Å². The molecule has 0 aliphatic heterocycles. The second-order valence-corrected chi connectivity index (χ2v) is 3.64. The Morgan fingerprint density at radius 1 is 1.35 bits per heavy atom. The Kier molecular flexibility index (Phi) is 4.57. The number of carboxylic acid groups (broad SMARTS) is 1. The number of aryl methyl sites for hydroxylation is 1. The zero-order valence-corrected chi connectivity index (χ0v) is 9.45. The molecule has 0 unspecified atom stereocenters. The third-order valence-electron chi connectivity index (χ3n) is 2.29. The zero-order valence-electron chi connectivity index (χ0n) is 9.45. The lowest BCUT2D eigenvalue weighted by Crippen LogP contribution is -2.23. The van der Waals surface area contributed by atoms with Crippen LogP contribution < -0.4 is 0 Å². The van der Waals surface area contributed by atoms with Crippen molar-refractivity contribution in [1.82, 2.24) is 0 Å². The van der Waals surface area contributed by atoms with E-state index < -0.39 is 25.1 Å². The number of rotatable bonds is 6. The van der Waals surface area contributed by atoms with Gasteiger partial charge in [0.25, 0.3) is 5.92 Å². The molecule has 0 spiro atoms. The summed E-state index contributed by atoms with van der Waals surface area (Å²) in [5, 5.41) is 8.28. The minimum atomic E-state index is -3.16. The fourth-order valence-electron chi connectivity index (χ4n) is 1.33. The van der Waals surface area contributed by atoms with E-state index in [1.54, 1.807) is 12.1 Å². The molecule has 0 heterocycles. The molecule has 0 atom stereocenters. The highest BCUT2D eigenvalue weighted by Gasteiger charge is 2.31. The molecular weight excluding hydrogens is 230 g/mol. The third-order valence-corrected chi connectivity index (χ3v) is 2.29. The highest BCUT2D eigenvalue weighted by molar-refractivity contribution is 5.67. The van der Waals surface area contributed by atoms with E-state index in [2.05, 4.69) is 4.74 Å². The van der Waals surface area contributed by atoms with Gasteiger partial charge < -0.3 is 9.84 Å². The number of hydrogen-bond donors (Lipinski definition) is 1. The van der Waals surface area contributed by atoms with Crippen LogP contribution in [0.25, 0.3) is 0 Å². The van der Waals surface area contributed by atoms with Gasteiger partial charge in [0.1, 0.15) is 13.2 Å². The van der Waals surface area contributed by atoms with Crippen LogP contribution in [-0.4, -0.2) is 24.3 Å². The summed E-state index contributed by atoms with van der Waals surface area (Å²) >= 11 is 0. The van der Waals surface area contributed by atoms with Gasteiger partial charge in [-0.3, -0.25) is 0 Å². The molecule has 0 aliphatic rings. The quantitative estimate of drug-likeness (QED) is 0.836. The van der Waals surface area contributed by atoms with Gasteiger partial charge in [-0.15, -0.1) is 0 Å². The lowest BCUT2D eigenvalue weighted by molar-refractivity contribution is -0.147. The Morgan fingerprint density at radius 2 is 1.94 bits per heavy atom. The molecule has 0 aliphatic carbocycles. The summed E-state index contributed by atoms with van der Waals surface area (Å²) in [6.45, 7) is 0.288. The molecule has 0 saturated heterocycles. The average Bonchev–Trinajstić information content (AvgIpc) is 2.28. The molecule has 94 valence electrons. The fraction of sp³-hybridized carbons (Fsp3) is 0.417. The summed E-state index contributed by atoms with van der Waals surface area (Å²) in [6.07, 6.45) is 0.779. The maximum Gasteiger partial charge on any atom is 0.329 e. The third kappa shape index (κ3) is 4.11. The van der Waals surface area contributed by atoms with E-state index in [0.29, 0.717) is 0 Å². The Labute approximate surface area is 98.0 Å². The van der Waals surface area contributed by atoms with Crippen molar-refractivity contribution >= 4 is 5.97 Å². The number of carboxylic acids is 1. The molecule has 3 nitrogen and oxygen atoms in total. The number of carbonyl (C=O) groups is 1. The van der Waals surface area contributed by atoms with Crippen LogP contribution in [0.2, 0.25) is 0 Å². The number of alkyl halides is 2. The molecule has 1 aromatic carbocycles. The maximum absolute atomic E-state index is 13.5. The van der Waals surface area contributed by atoms with Gasteiger partial charge in [-0.25, -0.2) is 4.79 Å². The van der Waals surface area contributed by atoms with E-state index in [-0.39, 0.29) is 5.56 Å². The van der Waals surface area contributed by atoms with Crippen LogP contribution in [0, 0.1) is 0 Å². The van der Waals surface area contributed by atoms with Crippen molar-refractivity contribution in [3.63, 3.8) is 0 Å². The minimum Gasteiger partial charge on any atom is -0.480 e. The molecule has 1 rings (SSSR count). The Balaban J connectivity index is 2.64. The molecule has 0 amide bonds. The standard InChI is InChI=1S/C12H14F2O3/c1-2-9-3-5-10(6-4-9)12(13,14)8-17-7-11(15)16/h3-6H,2,7-8H2,1H3,(H,15,16). The molecule has 17 heavy (non-hydrogen) atoms. The summed E-state index contributed by atoms with van der Waals surface area (Å²) in [6, 6.07) is 5.92. The molecule has 5 heteroatoms. The lowest BCUT2D eigenvalue weighted by atomic mass is 10.1. The zero-order chi connectivity index (χ0) is 12.9. The molecule has 1 aromatic rings. The summed E-state index contributed by atoms with van der Waals surface area (Å²) in [7, 11) is 0. The van der Waals surface area contributed by atoms with Gasteiger partial charge in [-0.05, 0) is 12.0 Å². The average molecular weight is 244 g/mol. The predicted molar refractivity (Wildman–Crippen MR) is 58.2 cm³/mol. The Hall–Kier alpha value is -1.49. The van der Waals surface area contributed by atoms with Crippen LogP contribution in [0.15, 0.2) is 24.3 Å². The van der Waals surface area contributed by atoms with Crippen molar-refractivity contribution in [3.05, 3.63) is 35.4 Å². The van der Waals surface area contributed by atoms with Crippen LogP contribution in [-0.2, 0) is 21.9 Å². The van der Waals surface area contributed by atoms with E-state index in [4.69, 9.17) is 5.11 Å². The van der Waals surface area contributed by atoms with E-state index >= 15 is 0 Å². The highest BCUT2D eigenvalue weighted by atomic mass is 19.3. The van der Waals surface area contributed by atoms with Crippen LogP contribution >= 0.6 is 0 Å². The van der Waals surface area contributed by atoms with Crippen molar-refractivity contribution in [2.45, 2.75) is 19.3 Å². The molecule has 0 radical (unpaired) electrons. The topological polar surface area (TPSA) is 46.5 Å². The normalized spacial score (nSPS) is 11.5. The number of ether oxygens (including phenoxy) is 1. The van der Waals surface area contributed by atoms with Gasteiger partial charge in [0, 0.05) is 5.56 Å². The minimum absolute atomic E-state index is 0.167. The second-order valence-electron chi connectivity index (χ2n) is 3.64. The molecular formula is C12H14F2O3. The SMILES string of the molecule is CCc1ccc(C(F)(F)COCC(=O)O)cc1. The predicted octanol–water partition coefficient (Wildman–Crippen LogP) is 2.44. The summed E-state index contributed by atoms with van der Waals surface area (Å²) < 4.78 is 31.5. The van der Waals surface area contributed by atoms with E-state index in [1.807, 2.05) is 6.92 Å². The summed E-state index contributed by atoms with van der Waals surface area (Å²) in [5.74, 6) is -4.43. The molecule has 0 aromatic heterocycles. The van der Waals surface area contributed by atoms with Crippen molar-refractivity contribution in [1.29, 1.82) is 0 Å². The molecule has 0 saturated carbocycles. The van der Waals surface area contributed by atoms with E-state index in [0.717, 1.165) is 12.0 Å². The smallest absolute Gasteiger partial charge is 0.329 e. The maximum atomic E-state index is 13.5. The van der Waals surface area contributed by atoms with Gasteiger partial charge >= 0.3 is 5.97 Å². The largest absolute Gasteiger partial charge is 0.480 e. The first kappa shape index (κ1) is 13.6. The monoisotopic (exact) mass is 244 g/mol. The van der Waals surface area contributed by atoms with Crippen LogP contribution in [0.5, 0.6) is 0 Å². The van der Waals surface area contributed by atoms with Crippen molar-refractivity contribution in [2.75, 3.05) is 13.2 Å². The number of halogens is 2. The van der Waals surface area contributed by atoms with E-state index in [1.165, 1.54) is 12.1 Å². The highest BCUT2D eigenvalue weighted by Crippen LogP contribution is 2.28. The van der Waals surface area contributed by atoms with Gasteiger partial charge in [0.2, 0.25) is 0 Å². The van der Waals surface area contributed by atoms with Gasteiger partial charge in [-0.2, -0.15) is 8.78 Å². The first-order chi connectivity index (χ1) is 7.95. The molecule has 0 fully saturated rings. The Morgan fingerprint density at radius 3 is 2.41 bits per heavy atom.